The third-order valence-corrected chi connectivity index (χ3v) is 4.40. The Morgan fingerprint density at radius 2 is 2.33 bits per heavy atom. The van der Waals surface area contributed by atoms with Crippen molar-refractivity contribution in [1.29, 1.82) is 0 Å². The maximum atomic E-state index is 12.1. The molecule has 114 valence electrons. The minimum absolute atomic E-state index is 0.0979. The summed E-state index contributed by atoms with van der Waals surface area (Å²) in [4.78, 5) is 13.9. The number of amides is 1. The zero-order valence-electron chi connectivity index (χ0n) is 12.7. The van der Waals surface area contributed by atoms with E-state index < -0.39 is 0 Å². The van der Waals surface area contributed by atoms with Crippen molar-refractivity contribution in [3.05, 3.63) is 40.8 Å². The molecule has 5 nitrogen and oxygen atoms in total. The highest BCUT2D eigenvalue weighted by Crippen LogP contribution is 2.10. The first kappa shape index (κ1) is 15.7. The van der Waals surface area contributed by atoms with Crippen molar-refractivity contribution < 1.29 is 4.79 Å². The quantitative estimate of drug-likeness (QED) is 0.852. The standard InChI is InChI=1S/C15H22N4OS/c1-12(13(2)19-7-4-6-17-19)16-9-15(20)18(3)10-14-5-8-21-11-14/h4-8,11-13,16H,9-10H2,1-3H3/t12-,13-/m0/s1. The lowest BCUT2D eigenvalue weighted by Crippen LogP contribution is -2.41. The van der Waals surface area contributed by atoms with Crippen LogP contribution < -0.4 is 5.32 Å². The van der Waals surface area contributed by atoms with Crippen molar-refractivity contribution in [1.82, 2.24) is 20.0 Å². The summed E-state index contributed by atoms with van der Waals surface area (Å²) in [5, 5.41) is 11.6. The summed E-state index contributed by atoms with van der Waals surface area (Å²) in [7, 11) is 1.84. The molecule has 2 heterocycles. The van der Waals surface area contributed by atoms with Crippen LogP contribution in [0.5, 0.6) is 0 Å². The van der Waals surface area contributed by atoms with Crippen LogP contribution in [0.3, 0.4) is 0 Å². The molecule has 6 heteroatoms. The highest BCUT2D eigenvalue weighted by atomic mass is 32.1. The molecule has 0 fully saturated rings. The fourth-order valence-corrected chi connectivity index (χ4v) is 2.71. The Kier molecular flexibility index (Phi) is 5.52. The monoisotopic (exact) mass is 306 g/mol. The highest BCUT2D eigenvalue weighted by Gasteiger charge is 2.16. The van der Waals surface area contributed by atoms with Gasteiger partial charge in [-0.05, 0) is 42.3 Å². The third-order valence-electron chi connectivity index (χ3n) is 3.67. The Morgan fingerprint density at radius 1 is 1.52 bits per heavy atom. The largest absolute Gasteiger partial charge is 0.340 e. The summed E-state index contributed by atoms with van der Waals surface area (Å²) in [6, 6.07) is 4.33. The van der Waals surface area contributed by atoms with Crippen LogP contribution in [-0.2, 0) is 11.3 Å². The molecule has 0 aliphatic rings. The molecule has 0 spiro atoms. The van der Waals surface area contributed by atoms with Gasteiger partial charge in [0, 0.05) is 32.0 Å². The predicted octanol–water partition coefficient (Wildman–Crippen LogP) is 2.14. The molecular formula is C15H22N4OS. The maximum absolute atomic E-state index is 12.1. The average Bonchev–Trinajstić information content (AvgIpc) is 3.16. The van der Waals surface area contributed by atoms with E-state index in [2.05, 4.69) is 29.6 Å². The van der Waals surface area contributed by atoms with E-state index in [-0.39, 0.29) is 18.0 Å². The number of thiophene rings is 1. The van der Waals surface area contributed by atoms with Gasteiger partial charge in [-0.3, -0.25) is 9.48 Å². The van der Waals surface area contributed by atoms with Gasteiger partial charge < -0.3 is 10.2 Å². The number of hydrogen-bond donors (Lipinski definition) is 1. The minimum Gasteiger partial charge on any atom is -0.340 e. The topological polar surface area (TPSA) is 50.2 Å². The van der Waals surface area contributed by atoms with E-state index in [4.69, 9.17) is 0 Å². The van der Waals surface area contributed by atoms with Crippen LogP contribution in [0.4, 0.5) is 0 Å². The molecule has 2 aromatic heterocycles. The molecule has 0 unspecified atom stereocenters. The molecule has 0 aliphatic heterocycles. The summed E-state index contributed by atoms with van der Waals surface area (Å²) < 4.78 is 1.90. The molecule has 0 saturated heterocycles. The van der Waals surface area contributed by atoms with Gasteiger partial charge >= 0.3 is 0 Å². The first-order chi connectivity index (χ1) is 10.1. The van der Waals surface area contributed by atoms with Crippen molar-refractivity contribution in [2.75, 3.05) is 13.6 Å². The molecule has 2 aromatic rings. The van der Waals surface area contributed by atoms with Gasteiger partial charge in [-0.25, -0.2) is 0 Å². The molecular weight excluding hydrogens is 284 g/mol. The lowest BCUT2D eigenvalue weighted by Gasteiger charge is -2.23. The second-order valence-corrected chi connectivity index (χ2v) is 6.06. The Labute approximate surface area is 129 Å². The second kappa shape index (κ2) is 7.38. The third kappa shape index (κ3) is 4.41. The van der Waals surface area contributed by atoms with Crippen LogP contribution in [0.2, 0.25) is 0 Å². The van der Waals surface area contributed by atoms with Crippen molar-refractivity contribution in [2.45, 2.75) is 32.5 Å². The maximum Gasteiger partial charge on any atom is 0.236 e. The van der Waals surface area contributed by atoms with Gasteiger partial charge in [-0.1, -0.05) is 0 Å². The van der Waals surface area contributed by atoms with E-state index >= 15 is 0 Å². The van der Waals surface area contributed by atoms with Crippen LogP contribution in [-0.4, -0.2) is 40.2 Å². The van der Waals surface area contributed by atoms with E-state index in [1.165, 1.54) is 5.56 Å². The average molecular weight is 306 g/mol. The summed E-state index contributed by atoms with van der Waals surface area (Å²) in [5.41, 5.74) is 1.17. The summed E-state index contributed by atoms with van der Waals surface area (Å²) >= 11 is 1.65. The molecule has 0 radical (unpaired) electrons. The summed E-state index contributed by atoms with van der Waals surface area (Å²) in [6.45, 7) is 5.16. The summed E-state index contributed by atoms with van der Waals surface area (Å²) in [5.74, 6) is 0.0979. The normalized spacial score (nSPS) is 13.9. The lowest BCUT2D eigenvalue weighted by molar-refractivity contribution is -0.129. The number of rotatable bonds is 7. The molecule has 0 aliphatic carbocycles. The van der Waals surface area contributed by atoms with Crippen molar-refractivity contribution in [3.63, 3.8) is 0 Å². The van der Waals surface area contributed by atoms with E-state index in [9.17, 15) is 4.79 Å². The van der Waals surface area contributed by atoms with E-state index in [0.717, 1.165) is 0 Å². The molecule has 1 N–H and O–H groups in total. The predicted molar refractivity (Wildman–Crippen MR) is 85.2 cm³/mol. The van der Waals surface area contributed by atoms with Gasteiger partial charge in [0.05, 0.1) is 12.6 Å². The van der Waals surface area contributed by atoms with E-state index in [1.807, 2.05) is 35.4 Å². The SMILES string of the molecule is C[C@H](NCC(=O)N(C)Cc1ccsc1)[C@H](C)n1cccn1. The first-order valence-electron chi connectivity index (χ1n) is 7.05. The second-order valence-electron chi connectivity index (χ2n) is 5.28. The first-order valence-corrected chi connectivity index (χ1v) is 7.99. The van der Waals surface area contributed by atoms with Gasteiger partial charge in [-0.2, -0.15) is 16.4 Å². The van der Waals surface area contributed by atoms with Crippen LogP contribution in [0.1, 0.15) is 25.5 Å². The molecule has 2 rings (SSSR count). The van der Waals surface area contributed by atoms with Gasteiger partial charge in [-0.15, -0.1) is 0 Å². The van der Waals surface area contributed by atoms with Crippen molar-refractivity contribution in [2.24, 2.45) is 0 Å². The number of carbonyl (C=O) groups excluding carboxylic acids is 1. The Hall–Kier alpha value is -1.66. The smallest absolute Gasteiger partial charge is 0.236 e. The molecule has 0 aromatic carbocycles. The van der Waals surface area contributed by atoms with Crippen LogP contribution in [0.15, 0.2) is 35.3 Å². The molecule has 2 atom stereocenters. The fraction of sp³-hybridized carbons (Fsp3) is 0.467. The fourth-order valence-electron chi connectivity index (χ4n) is 2.05. The molecule has 1 amide bonds. The number of likely N-dealkylation sites (N-methyl/N-ethyl adjacent to an activating group) is 1. The van der Waals surface area contributed by atoms with Gasteiger partial charge in [0.2, 0.25) is 5.91 Å². The lowest BCUT2D eigenvalue weighted by atomic mass is 10.2. The van der Waals surface area contributed by atoms with Crippen LogP contribution in [0, 0.1) is 0 Å². The minimum atomic E-state index is 0.0979. The zero-order valence-corrected chi connectivity index (χ0v) is 13.5. The summed E-state index contributed by atoms with van der Waals surface area (Å²) in [6.07, 6.45) is 3.70. The van der Waals surface area contributed by atoms with Crippen LogP contribution >= 0.6 is 11.3 Å². The highest BCUT2D eigenvalue weighted by molar-refractivity contribution is 7.07. The van der Waals surface area contributed by atoms with Gasteiger partial charge in [0.25, 0.3) is 0 Å². The Morgan fingerprint density at radius 3 is 2.95 bits per heavy atom. The number of nitrogens with zero attached hydrogens (tertiary/aromatic N) is 3. The van der Waals surface area contributed by atoms with Crippen molar-refractivity contribution >= 4 is 17.2 Å². The number of hydrogen-bond acceptors (Lipinski definition) is 4. The zero-order chi connectivity index (χ0) is 15.2. The van der Waals surface area contributed by atoms with Gasteiger partial charge in [0.1, 0.15) is 0 Å². The van der Waals surface area contributed by atoms with Gasteiger partial charge in [0.15, 0.2) is 0 Å². The Balaban J connectivity index is 1.77. The molecule has 0 bridgehead atoms. The number of aromatic nitrogens is 2. The Bertz CT molecular complexity index is 538. The van der Waals surface area contributed by atoms with E-state index in [0.29, 0.717) is 13.1 Å². The van der Waals surface area contributed by atoms with Crippen LogP contribution in [0.25, 0.3) is 0 Å². The number of nitrogens with one attached hydrogen (secondary N) is 1. The van der Waals surface area contributed by atoms with Crippen molar-refractivity contribution in [3.8, 4) is 0 Å². The molecule has 21 heavy (non-hydrogen) atoms. The van der Waals surface area contributed by atoms with E-state index in [1.54, 1.807) is 22.4 Å². The number of carbonyl (C=O) groups is 1. The molecule has 0 saturated carbocycles.